The third kappa shape index (κ3) is 5.73. The summed E-state index contributed by atoms with van der Waals surface area (Å²) in [6.07, 6.45) is 2.59. The number of halogens is 2. The average Bonchev–Trinajstić information content (AvgIpc) is 3.92. The Morgan fingerprint density at radius 1 is 1.16 bits per heavy atom. The first-order chi connectivity index (χ1) is 20.4. The number of hydrogen-bond donors (Lipinski definition) is 3. The maximum atomic E-state index is 14.5. The Morgan fingerprint density at radius 2 is 1.88 bits per heavy atom. The molecule has 6 rings (SSSR count). The molecule has 2 aromatic carbocycles. The molecule has 2 fully saturated rings. The van der Waals surface area contributed by atoms with Crippen molar-refractivity contribution in [3.05, 3.63) is 71.2 Å². The van der Waals surface area contributed by atoms with Crippen LogP contribution >= 0.6 is 0 Å². The van der Waals surface area contributed by atoms with Gasteiger partial charge >= 0.3 is 0 Å². The molecule has 2 heterocycles. The van der Waals surface area contributed by atoms with Crippen LogP contribution in [0.2, 0.25) is 0 Å². The highest BCUT2D eigenvalue weighted by Crippen LogP contribution is 2.47. The van der Waals surface area contributed by atoms with Crippen LogP contribution in [0.1, 0.15) is 62.6 Å². The van der Waals surface area contributed by atoms with Gasteiger partial charge in [-0.3, -0.25) is 9.59 Å². The van der Waals surface area contributed by atoms with Gasteiger partial charge in [0.25, 0.3) is 5.91 Å². The lowest BCUT2D eigenvalue weighted by molar-refractivity contribution is -0.128. The summed E-state index contributed by atoms with van der Waals surface area (Å²) in [6, 6.07) is 12.0. The van der Waals surface area contributed by atoms with Crippen molar-refractivity contribution in [2.24, 2.45) is 0 Å². The molecule has 2 aliphatic carbocycles. The van der Waals surface area contributed by atoms with Crippen LogP contribution in [0.15, 0.2) is 48.5 Å². The average molecular weight is 596 g/mol. The van der Waals surface area contributed by atoms with Crippen LogP contribution < -0.4 is 24.8 Å². The van der Waals surface area contributed by atoms with Gasteiger partial charge in [-0.2, -0.15) is 0 Å². The predicted molar refractivity (Wildman–Crippen MR) is 154 cm³/mol. The summed E-state index contributed by atoms with van der Waals surface area (Å²) in [5.74, 6) is -1.92. The van der Waals surface area contributed by atoms with Gasteiger partial charge in [0.05, 0.1) is 25.5 Å². The number of fused-ring (bicyclic) bond motifs is 1. The number of methoxy groups -OCH3 is 1. The van der Waals surface area contributed by atoms with Gasteiger partial charge in [0, 0.05) is 31.0 Å². The summed E-state index contributed by atoms with van der Waals surface area (Å²) < 4.78 is 45.5. The van der Waals surface area contributed by atoms with E-state index >= 15 is 0 Å². The van der Waals surface area contributed by atoms with Crippen LogP contribution in [0.3, 0.4) is 0 Å². The molecule has 0 radical (unpaired) electrons. The molecule has 3 N–H and O–H groups in total. The number of ether oxygens (including phenoxy) is 3. The molecule has 1 aromatic heterocycles. The fourth-order valence-corrected chi connectivity index (χ4v) is 4.94. The second kappa shape index (κ2) is 10.5. The molecule has 43 heavy (non-hydrogen) atoms. The van der Waals surface area contributed by atoms with Gasteiger partial charge in [-0.1, -0.05) is 0 Å². The van der Waals surface area contributed by atoms with Crippen LogP contribution in [-0.4, -0.2) is 54.1 Å². The Balaban J connectivity index is 0.00000384. The number of hydrogen-bond acceptors (Lipinski definition) is 7. The van der Waals surface area contributed by atoms with E-state index in [-0.39, 0.29) is 50.7 Å². The van der Waals surface area contributed by atoms with Crippen molar-refractivity contribution < 1.29 is 39.1 Å². The molecular weight excluding hydrogens is 560 g/mol. The molecule has 1 aliphatic heterocycles. The Morgan fingerprint density at radius 3 is 2.53 bits per heavy atom. The van der Waals surface area contributed by atoms with Gasteiger partial charge in [-0.15, -0.1) is 0 Å². The minimum absolute atomic E-state index is 0. The number of alkyl halides is 1. The van der Waals surface area contributed by atoms with Crippen molar-refractivity contribution in [3.8, 4) is 28.5 Å². The number of pyridine rings is 1. The van der Waals surface area contributed by atoms with E-state index in [2.05, 4.69) is 15.6 Å². The molecule has 2 atom stereocenters. The zero-order valence-electron chi connectivity index (χ0n) is 24.1. The minimum atomic E-state index is -1.74. The van der Waals surface area contributed by atoms with Gasteiger partial charge in [-0.05, 0) is 75.2 Å². The molecule has 3 aromatic rings. The Hall–Kier alpha value is -4.25. The number of carbonyl (C=O) groups is 2. The van der Waals surface area contributed by atoms with Gasteiger partial charge in [0.2, 0.25) is 5.91 Å². The number of carbonyl (C=O) groups excluding carboxylic acids is 2. The first-order valence-electron chi connectivity index (χ1n) is 14.2. The predicted octanol–water partition coefficient (Wildman–Crippen LogP) is 4.55. The molecular formula is C32H35F2N3O6. The zero-order chi connectivity index (χ0) is 30.6. The second-order valence-corrected chi connectivity index (χ2v) is 11.9. The van der Waals surface area contributed by atoms with Gasteiger partial charge in [0.15, 0.2) is 17.3 Å². The first-order valence-corrected chi connectivity index (χ1v) is 14.2. The van der Waals surface area contributed by atoms with Crippen molar-refractivity contribution in [1.82, 2.24) is 15.6 Å². The molecule has 0 spiro atoms. The summed E-state index contributed by atoms with van der Waals surface area (Å²) in [6.45, 7) is 2.81. The van der Waals surface area contributed by atoms with Crippen molar-refractivity contribution >= 4 is 11.8 Å². The summed E-state index contributed by atoms with van der Waals surface area (Å²) in [5, 5.41) is 16.8. The number of amides is 2. The van der Waals surface area contributed by atoms with Gasteiger partial charge < -0.3 is 30.0 Å². The van der Waals surface area contributed by atoms with Crippen molar-refractivity contribution in [1.29, 1.82) is 0 Å². The molecule has 0 bridgehead atoms. The molecule has 228 valence electrons. The van der Waals surface area contributed by atoms with Gasteiger partial charge in [0.1, 0.15) is 34.9 Å². The van der Waals surface area contributed by atoms with E-state index in [9.17, 15) is 23.5 Å². The number of aliphatic hydroxyl groups is 1. The fourth-order valence-electron chi connectivity index (χ4n) is 4.94. The van der Waals surface area contributed by atoms with Crippen LogP contribution in [0.25, 0.3) is 11.3 Å². The van der Waals surface area contributed by atoms with Crippen LogP contribution in [-0.2, 0) is 15.8 Å². The van der Waals surface area contributed by atoms with Crippen LogP contribution in [0, 0.1) is 5.82 Å². The van der Waals surface area contributed by atoms with Crippen LogP contribution in [0.4, 0.5) is 8.78 Å². The van der Waals surface area contributed by atoms with E-state index in [1.807, 2.05) is 0 Å². The number of rotatable bonds is 10. The molecule has 2 saturated carbocycles. The van der Waals surface area contributed by atoms with Gasteiger partial charge in [-0.25, -0.2) is 13.8 Å². The monoisotopic (exact) mass is 595 g/mol. The van der Waals surface area contributed by atoms with E-state index in [0.717, 1.165) is 12.8 Å². The minimum Gasteiger partial charge on any atom is -0.493 e. The Bertz CT molecular complexity index is 1590. The fraction of sp³-hybridized carbons (Fsp3) is 0.406. The third-order valence-electron chi connectivity index (χ3n) is 8.11. The van der Waals surface area contributed by atoms with E-state index in [4.69, 9.17) is 14.2 Å². The molecule has 2 amide bonds. The van der Waals surface area contributed by atoms with Crippen LogP contribution in [0.5, 0.6) is 17.2 Å². The zero-order valence-corrected chi connectivity index (χ0v) is 24.1. The van der Waals surface area contributed by atoms with E-state index in [1.54, 1.807) is 31.2 Å². The summed E-state index contributed by atoms with van der Waals surface area (Å²) in [5.41, 5.74) is -1.37. The molecule has 3 aliphatic rings. The first kappa shape index (κ1) is 28.9. The van der Waals surface area contributed by atoms with E-state index in [0.29, 0.717) is 28.2 Å². The highest BCUT2D eigenvalue weighted by molar-refractivity contribution is 5.95. The van der Waals surface area contributed by atoms with E-state index in [1.165, 1.54) is 38.3 Å². The summed E-state index contributed by atoms with van der Waals surface area (Å²) in [7, 11) is 1.50. The largest absolute Gasteiger partial charge is 0.493 e. The van der Waals surface area contributed by atoms with Crippen molar-refractivity contribution in [2.75, 3.05) is 20.3 Å². The number of nitrogens with one attached hydrogen (secondary N) is 2. The number of aromatic nitrogens is 1. The molecule has 0 saturated heterocycles. The topological polar surface area (TPSA) is 119 Å². The lowest BCUT2D eigenvalue weighted by atomic mass is 9.81. The summed E-state index contributed by atoms with van der Waals surface area (Å²) in [4.78, 5) is 31.1. The third-order valence-corrected chi connectivity index (χ3v) is 8.11. The Labute approximate surface area is 249 Å². The van der Waals surface area contributed by atoms with Crippen molar-refractivity contribution in [3.63, 3.8) is 0 Å². The lowest BCUT2D eigenvalue weighted by Crippen LogP contribution is -2.47. The number of benzene rings is 2. The molecule has 0 unspecified atom stereocenters. The quantitative estimate of drug-likeness (QED) is 0.295. The molecule has 11 heteroatoms. The highest BCUT2D eigenvalue weighted by atomic mass is 19.1. The maximum Gasteiger partial charge on any atom is 0.251 e. The lowest BCUT2D eigenvalue weighted by Gasteiger charge is -2.27. The van der Waals surface area contributed by atoms with Crippen molar-refractivity contribution in [2.45, 2.75) is 62.4 Å². The summed E-state index contributed by atoms with van der Waals surface area (Å²) >= 11 is 0. The maximum absolute atomic E-state index is 14.5. The highest BCUT2D eigenvalue weighted by Gasteiger charge is 2.52. The normalized spacial score (nSPS) is 21.2. The second-order valence-electron chi connectivity index (χ2n) is 11.9. The number of nitrogens with zero attached hydrogens (tertiary/aromatic N) is 1. The Kier molecular flexibility index (Phi) is 7.03. The molecule has 9 nitrogen and oxygen atoms in total. The standard InChI is InChI=1S/C32H33F2N3O6.H2/c1-30(29(39)37-32(34)12-13-32)17-42-27-22(30)15-25(36-26(27)18-4-7-20(33)8-5-18)31(2,40)16-35-28(38)19-6-11-23(24(14-19)41-3)43-21-9-10-21;/h4-8,11,14-15,21,40H,9-10,12-13,16-17H2,1-3H3,(H,35,38)(H,37,39);1H/t30-,31-;/m0./s1. The SMILES string of the molecule is COc1cc(C(=O)NC[C@](C)(O)c2cc3c(c(-c4ccc(F)cc4)n2)OC[C@]3(C)C(=O)NC2(F)CC2)ccc1OC1CC1.[HH]. The smallest absolute Gasteiger partial charge is 0.251 e. The van der Waals surface area contributed by atoms with E-state index < -0.39 is 34.4 Å².